The number of anilines is 2. The Balaban J connectivity index is 1.98. The van der Waals surface area contributed by atoms with E-state index < -0.39 is 12.8 Å². The Kier molecular flexibility index (Phi) is 4.29. The van der Waals surface area contributed by atoms with Gasteiger partial charge in [0.1, 0.15) is 23.0 Å². The first-order valence-electron chi connectivity index (χ1n) is 5.46. The fourth-order valence-corrected chi connectivity index (χ4v) is 1.50. The van der Waals surface area contributed by atoms with Gasteiger partial charge in [-0.25, -0.2) is 9.97 Å². The predicted molar refractivity (Wildman–Crippen MR) is 68.3 cm³/mol. The summed E-state index contributed by atoms with van der Waals surface area (Å²) in [5.74, 6) is 0.613. The number of hydrogen-bond acceptors (Lipinski definition) is 4. The molecule has 0 saturated carbocycles. The van der Waals surface area contributed by atoms with Crippen molar-refractivity contribution in [1.29, 1.82) is 0 Å². The molecule has 20 heavy (non-hydrogen) atoms. The minimum absolute atomic E-state index is 0.133. The number of ether oxygens (including phenoxy) is 1. The maximum atomic E-state index is 12.0. The van der Waals surface area contributed by atoms with E-state index in [1.807, 2.05) is 0 Å². The molecule has 0 atom stereocenters. The molecule has 4 nitrogen and oxygen atoms in total. The van der Waals surface area contributed by atoms with Crippen LogP contribution in [0.3, 0.4) is 0 Å². The number of aromatic nitrogens is 2. The normalized spacial score (nSPS) is 11.2. The Morgan fingerprint density at radius 3 is 2.45 bits per heavy atom. The molecule has 2 rings (SSSR count). The summed E-state index contributed by atoms with van der Waals surface area (Å²) < 4.78 is 40.5. The van der Waals surface area contributed by atoms with Crippen LogP contribution in [0.4, 0.5) is 24.7 Å². The monoisotopic (exact) mass is 303 g/mol. The van der Waals surface area contributed by atoms with Crippen molar-refractivity contribution in [2.45, 2.75) is 6.18 Å². The van der Waals surface area contributed by atoms with E-state index in [1.165, 1.54) is 24.5 Å². The maximum absolute atomic E-state index is 12.0. The van der Waals surface area contributed by atoms with Crippen LogP contribution in [0.15, 0.2) is 36.7 Å². The molecule has 1 N–H and O–H groups in total. The van der Waals surface area contributed by atoms with Gasteiger partial charge in [-0.2, -0.15) is 13.2 Å². The van der Waals surface area contributed by atoms with Gasteiger partial charge in [0.05, 0.1) is 0 Å². The molecule has 2 aromatic rings. The molecule has 0 radical (unpaired) electrons. The van der Waals surface area contributed by atoms with Crippen LogP contribution in [-0.2, 0) is 0 Å². The van der Waals surface area contributed by atoms with Crippen molar-refractivity contribution >= 4 is 23.1 Å². The molecule has 106 valence electrons. The number of nitrogens with one attached hydrogen (secondary N) is 1. The average Bonchev–Trinajstić information content (AvgIpc) is 2.37. The van der Waals surface area contributed by atoms with E-state index in [1.54, 1.807) is 12.1 Å². The van der Waals surface area contributed by atoms with Crippen molar-refractivity contribution in [3.05, 3.63) is 41.8 Å². The summed E-state index contributed by atoms with van der Waals surface area (Å²) >= 11 is 5.70. The van der Waals surface area contributed by atoms with E-state index in [-0.39, 0.29) is 10.9 Å². The second-order valence-electron chi connectivity index (χ2n) is 3.78. The highest BCUT2D eigenvalue weighted by Crippen LogP contribution is 2.22. The first kappa shape index (κ1) is 14.4. The molecule has 0 bridgehead atoms. The van der Waals surface area contributed by atoms with Crippen molar-refractivity contribution in [1.82, 2.24) is 9.97 Å². The highest BCUT2D eigenvalue weighted by molar-refractivity contribution is 6.29. The third kappa shape index (κ3) is 4.58. The molecule has 1 aromatic carbocycles. The Bertz CT molecular complexity index is 575. The molecule has 0 saturated heterocycles. The molecule has 0 aliphatic rings. The molecule has 8 heteroatoms. The van der Waals surface area contributed by atoms with E-state index in [2.05, 4.69) is 20.0 Å². The first-order valence-corrected chi connectivity index (χ1v) is 5.84. The second kappa shape index (κ2) is 5.96. The second-order valence-corrected chi connectivity index (χ2v) is 4.17. The Morgan fingerprint density at radius 2 is 1.85 bits per heavy atom. The van der Waals surface area contributed by atoms with Gasteiger partial charge in [-0.05, 0) is 24.3 Å². The smallest absolute Gasteiger partial charge is 0.422 e. The third-order valence-electron chi connectivity index (χ3n) is 2.16. The zero-order valence-electron chi connectivity index (χ0n) is 9.99. The van der Waals surface area contributed by atoms with Gasteiger partial charge in [0.2, 0.25) is 0 Å². The summed E-state index contributed by atoms with van der Waals surface area (Å²) in [7, 11) is 0. The Morgan fingerprint density at radius 1 is 1.15 bits per heavy atom. The summed E-state index contributed by atoms with van der Waals surface area (Å²) in [5, 5.41) is 3.22. The first-order chi connectivity index (χ1) is 9.42. The highest BCUT2D eigenvalue weighted by Gasteiger charge is 2.28. The van der Waals surface area contributed by atoms with E-state index in [9.17, 15) is 13.2 Å². The summed E-state index contributed by atoms with van der Waals surface area (Å²) in [6.45, 7) is -1.32. The molecular weight excluding hydrogens is 295 g/mol. The number of halogens is 4. The van der Waals surface area contributed by atoms with E-state index >= 15 is 0 Å². The fourth-order valence-electron chi connectivity index (χ4n) is 1.35. The van der Waals surface area contributed by atoms with Gasteiger partial charge in [-0.3, -0.25) is 0 Å². The van der Waals surface area contributed by atoms with Gasteiger partial charge >= 0.3 is 6.18 Å². The fraction of sp³-hybridized carbons (Fsp3) is 0.167. The van der Waals surface area contributed by atoms with Crippen LogP contribution in [0, 0.1) is 0 Å². The van der Waals surface area contributed by atoms with Gasteiger partial charge < -0.3 is 10.1 Å². The van der Waals surface area contributed by atoms with Crippen LogP contribution in [0.25, 0.3) is 0 Å². The highest BCUT2D eigenvalue weighted by atomic mass is 35.5. The largest absolute Gasteiger partial charge is 0.484 e. The summed E-state index contributed by atoms with van der Waals surface area (Å²) in [4.78, 5) is 7.67. The van der Waals surface area contributed by atoms with Crippen molar-refractivity contribution in [3.63, 3.8) is 0 Å². The van der Waals surface area contributed by atoms with Crippen LogP contribution in [-0.4, -0.2) is 22.8 Å². The quantitative estimate of drug-likeness (QED) is 0.872. The lowest BCUT2D eigenvalue weighted by atomic mass is 10.3. The molecule has 0 amide bonds. The molecule has 1 heterocycles. The third-order valence-corrected chi connectivity index (χ3v) is 2.37. The van der Waals surface area contributed by atoms with Crippen LogP contribution >= 0.6 is 11.6 Å². The lowest BCUT2D eigenvalue weighted by molar-refractivity contribution is -0.153. The van der Waals surface area contributed by atoms with Crippen molar-refractivity contribution in [2.75, 3.05) is 11.9 Å². The molecule has 0 fully saturated rings. The van der Waals surface area contributed by atoms with Gasteiger partial charge in [0, 0.05) is 11.8 Å². The van der Waals surface area contributed by atoms with Crippen molar-refractivity contribution in [2.24, 2.45) is 0 Å². The van der Waals surface area contributed by atoms with Gasteiger partial charge in [0.15, 0.2) is 6.61 Å². The number of benzene rings is 1. The lowest BCUT2D eigenvalue weighted by Gasteiger charge is -2.10. The van der Waals surface area contributed by atoms with Crippen LogP contribution < -0.4 is 10.1 Å². The van der Waals surface area contributed by atoms with Crippen LogP contribution in [0.2, 0.25) is 5.15 Å². The lowest BCUT2D eigenvalue weighted by Crippen LogP contribution is -2.19. The van der Waals surface area contributed by atoms with Crippen molar-refractivity contribution in [3.8, 4) is 5.75 Å². The van der Waals surface area contributed by atoms with Crippen LogP contribution in [0.5, 0.6) is 5.75 Å². The molecule has 0 aliphatic carbocycles. The van der Waals surface area contributed by atoms with Gasteiger partial charge in [-0.15, -0.1) is 0 Å². The molecule has 0 aliphatic heterocycles. The van der Waals surface area contributed by atoms with Gasteiger partial charge in [-0.1, -0.05) is 11.6 Å². The summed E-state index contributed by atoms with van der Waals surface area (Å²) in [5.41, 5.74) is 0.638. The number of rotatable bonds is 4. The summed E-state index contributed by atoms with van der Waals surface area (Å²) in [6.07, 6.45) is -3.06. The Hall–Kier alpha value is -2.02. The van der Waals surface area contributed by atoms with Crippen LogP contribution in [0.1, 0.15) is 0 Å². The average molecular weight is 304 g/mol. The van der Waals surface area contributed by atoms with Crippen molar-refractivity contribution < 1.29 is 17.9 Å². The minimum Gasteiger partial charge on any atom is -0.484 e. The van der Waals surface area contributed by atoms with E-state index in [0.29, 0.717) is 11.5 Å². The maximum Gasteiger partial charge on any atom is 0.422 e. The zero-order chi connectivity index (χ0) is 14.6. The standard InChI is InChI=1S/C12H9ClF3N3O/c13-10-5-11(18-7-17-10)19-8-1-3-9(4-2-8)20-6-12(14,15)16/h1-5,7H,6H2,(H,17,18,19). The minimum atomic E-state index is -4.35. The Labute approximate surface area is 117 Å². The summed E-state index contributed by atoms with van der Waals surface area (Å²) in [6, 6.07) is 7.52. The van der Waals surface area contributed by atoms with E-state index in [4.69, 9.17) is 11.6 Å². The topological polar surface area (TPSA) is 47.0 Å². The number of hydrogen-bond donors (Lipinski definition) is 1. The molecule has 1 aromatic heterocycles. The van der Waals surface area contributed by atoms with Gasteiger partial charge in [0.25, 0.3) is 0 Å². The number of nitrogens with zero attached hydrogens (tertiary/aromatic N) is 2. The SMILES string of the molecule is FC(F)(F)COc1ccc(Nc2cc(Cl)ncn2)cc1. The zero-order valence-corrected chi connectivity index (χ0v) is 10.7. The van der Waals surface area contributed by atoms with E-state index in [0.717, 1.165) is 0 Å². The number of alkyl halides is 3. The molecule has 0 spiro atoms. The predicted octanol–water partition coefficient (Wildman–Crippen LogP) is 3.81. The molecule has 0 unspecified atom stereocenters. The molecular formula is C12H9ClF3N3O.